The van der Waals surface area contributed by atoms with E-state index in [9.17, 15) is 19.6 Å². The molecular formula is C23H22FN3O3. The fraction of sp³-hybridized carbons (Fsp3) is 0.304. The molecule has 0 saturated carbocycles. The van der Waals surface area contributed by atoms with Crippen LogP contribution < -0.4 is 5.32 Å². The van der Waals surface area contributed by atoms with Crippen molar-refractivity contribution in [3.8, 4) is 11.8 Å². The number of phenols is 1. The first kappa shape index (κ1) is 19.8. The predicted octanol–water partition coefficient (Wildman–Crippen LogP) is 4.01. The summed E-state index contributed by atoms with van der Waals surface area (Å²) in [4.78, 5) is 12.0. The number of phenolic OH excluding ortho intramolecular Hbond substituents is 1. The molecule has 0 saturated heterocycles. The maximum absolute atomic E-state index is 13.8. The van der Waals surface area contributed by atoms with Crippen LogP contribution in [0.3, 0.4) is 0 Å². The monoisotopic (exact) mass is 407 g/mol. The molecule has 4 rings (SSSR count). The number of para-hydroxylation sites is 1. The first-order chi connectivity index (χ1) is 14.4. The van der Waals surface area contributed by atoms with Gasteiger partial charge in [-0.15, -0.1) is 0 Å². The third-order valence-corrected chi connectivity index (χ3v) is 5.37. The van der Waals surface area contributed by atoms with Crippen molar-refractivity contribution in [3.05, 3.63) is 64.6 Å². The molecule has 7 heteroatoms. The zero-order valence-electron chi connectivity index (χ0n) is 16.8. The Bertz CT molecular complexity index is 1180. The van der Waals surface area contributed by atoms with Crippen LogP contribution in [-0.2, 0) is 24.1 Å². The third kappa shape index (κ3) is 3.57. The van der Waals surface area contributed by atoms with Crippen molar-refractivity contribution in [3.63, 3.8) is 0 Å². The lowest BCUT2D eigenvalue weighted by molar-refractivity contribution is 0.112. The summed E-state index contributed by atoms with van der Waals surface area (Å²) in [6, 6.07) is 12.0. The fourth-order valence-corrected chi connectivity index (χ4v) is 4.11. The molecule has 3 aromatic rings. The van der Waals surface area contributed by atoms with Crippen LogP contribution in [0, 0.1) is 17.1 Å². The van der Waals surface area contributed by atoms with E-state index in [1.165, 1.54) is 6.07 Å². The lowest BCUT2D eigenvalue weighted by Gasteiger charge is -2.16. The second kappa shape index (κ2) is 7.71. The molecule has 1 unspecified atom stereocenters. The predicted molar refractivity (Wildman–Crippen MR) is 110 cm³/mol. The van der Waals surface area contributed by atoms with Crippen LogP contribution in [0.1, 0.15) is 36.2 Å². The Labute approximate surface area is 173 Å². The van der Waals surface area contributed by atoms with Crippen LogP contribution in [0.4, 0.5) is 9.18 Å². The molecule has 6 nitrogen and oxygen atoms in total. The minimum Gasteiger partial charge on any atom is -0.505 e. The number of carbonyl (C=O) groups is 1. The number of alkyl carbamates (subject to hydrolysis) is 1. The third-order valence-electron chi connectivity index (χ3n) is 5.37. The number of nitrogens with one attached hydrogen (secondary N) is 1. The highest BCUT2D eigenvalue weighted by molar-refractivity contribution is 5.88. The van der Waals surface area contributed by atoms with Crippen LogP contribution >= 0.6 is 0 Å². The molecule has 154 valence electrons. The van der Waals surface area contributed by atoms with E-state index in [-0.39, 0.29) is 24.4 Å². The van der Waals surface area contributed by atoms with Crippen LogP contribution in [0.5, 0.6) is 5.75 Å². The molecule has 1 heterocycles. The van der Waals surface area contributed by atoms with Crippen molar-refractivity contribution in [1.29, 1.82) is 5.26 Å². The molecule has 1 aliphatic carbocycles. The number of benzene rings is 2. The molecule has 1 aliphatic rings. The average Bonchev–Trinajstić information content (AvgIpc) is 3.22. The van der Waals surface area contributed by atoms with E-state index in [4.69, 9.17) is 4.74 Å². The number of halogens is 1. The van der Waals surface area contributed by atoms with Crippen molar-refractivity contribution in [1.82, 2.24) is 9.88 Å². The molecule has 2 aromatic carbocycles. The summed E-state index contributed by atoms with van der Waals surface area (Å²) in [7, 11) is 0. The first-order valence-electron chi connectivity index (χ1n) is 9.85. The molecule has 0 spiro atoms. The molecule has 1 amide bonds. The molecule has 30 heavy (non-hydrogen) atoms. The van der Waals surface area contributed by atoms with E-state index in [1.54, 1.807) is 32.0 Å². The Balaban J connectivity index is 1.73. The van der Waals surface area contributed by atoms with Gasteiger partial charge in [-0.1, -0.05) is 12.1 Å². The standard InChI is InChI=1S/C23H22FN3O3/c1-13(2)30-23(29)26-16-9-18-17-8-14(11-25)6-7-20(17)27(21(18)10-16)12-15-4-3-5-19(24)22(15)28/h3-8,13,16,28H,9-10,12H2,1-2H3,(H,26,29). The number of fused-ring (bicyclic) bond motifs is 3. The van der Waals surface area contributed by atoms with Gasteiger partial charge in [0, 0.05) is 34.6 Å². The van der Waals surface area contributed by atoms with Crippen LogP contribution in [-0.4, -0.2) is 27.9 Å². The molecule has 1 atom stereocenters. The number of hydrogen-bond acceptors (Lipinski definition) is 4. The van der Waals surface area contributed by atoms with Crippen molar-refractivity contribution in [2.75, 3.05) is 0 Å². The van der Waals surface area contributed by atoms with Crippen LogP contribution in [0.2, 0.25) is 0 Å². The summed E-state index contributed by atoms with van der Waals surface area (Å²) in [5.74, 6) is -1.03. The number of carbonyl (C=O) groups excluding carboxylic acids is 1. The number of aromatic nitrogens is 1. The molecule has 0 fully saturated rings. The molecular weight excluding hydrogens is 385 g/mol. The Kier molecular flexibility index (Phi) is 5.08. The van der Waals surface area contributed by atoms with Gasteiger partial charge < -0.3 is 19.7 Å². The van der Waals surface area contributed by atoms with Gasteiger partial charge in [-0.25, -0.2) is 9.18 Å². The van der Waals surface area contributed by atoms with Crippen molar-refractivity contribution in [2.45, 2.75) is 45.4 Å². The number of aromatic hydroxyl groups is 1. The van der Waals surface area contributed by atoms with Crippen LogP contribution in [0.15, 0.2) is 36.4 Å². The quantitative estimate of drug-likeness (QED) is 0.684. The van der Waals surface area contributed by atoms with Gasteiger partial charge in [-0.3, -0.25) is 0 Å². The van der Waals surface area contributed by atoms with Gasteiger partial charge in [0.05, 0.1) is 24.3 Å². The number of amides is 1. The summed E-state index contributed by atoms with van der Waals surface area (Å²) in [6.07, 6.45) is 0.514. The van der Waals surface area contributed by atoms with Gasteiger partial charge in [0.25, 0.3) is 0 Å². The molecule has 0 aliphatic heterocycles. The Morgan fingerprint density at radius 2 is 2.17 bits per heavy atom. The SMILES string of the molecule is CC(C)OC(=O)NC1Cc2c(n(Cc3cccc(F)c3O)c3ccc(C#N)cc23)C1. The van der Waals surface area contributed by atoms with Gasteiger partial charge in [-0.2, -0.15) is 5.26 Å². The highest BCUT2D eigenvalue weighted by atomic mass is 19.1. The summed E-state index contributed by atoms with van der Waals surface area (Å²) in [6.45, 7) is 3.86. The first-order valence-corrected chi connectivity index (χ1v) is 9.85. The molecule has 0 radical (unpaired) electrons. The minimum atomic E-state index is -0.664. The number of hydrogen-bond donors (Lipinski definition) is 2. The number of ether oxygens (including phenoxy) is 1. The lowest BCUT2D eigenvalue weighted by atomic mass is 10.1. The fourth-order valence-electron chi connectivity index (χ4n) is 4.11. The maximum atomic E-state index is 13.8. The smallest absolute Gasteiger partial charge is 0.407 e. The van der Waals surface area contributed by atoms with Gasteiger partial charge in [0.15, 0.2) is 11.6 Å². The van der Waals surface area contributed by atoms with E-state index in [1.807, 2.05) is 16.7 Å². The normalized spacial score (nSPS) is 15.2. The summed E-state index contributed by atoms with van der Waals surface area (Å²) < 4.78 is 21.1. The molecule has 2 N–H and O–H groups in total. The van der Waals surface area contributed by atoms with Gasteiger partial charge >= 0.3 is 6.09 Å². The summed E-state index contributed by atoms with van der Waals surface area (Å²) in [5.41, 5.74) is 3.97. The van der Waals surface area contributed by atoms with Crippen LogP contribution in [0.25, 0.3) is 10.9 Å². The highest BCUT2D eigenvalue weighted by Gasteiger charge is 2.30. The second-order valence-electron chi connectivity index (χ2n) is 7.81. The van der Waals surface area contributed by atoms with Gasteiger partial charge in [0.1, 0.15) is 0 Å². The number of rotatable bonds is 4. The highest BCUT2D eigenvalue weighted by Crippen LogP contribution is 2.35. The zero-order chi connectivity index (χ0) is 21.4. The Morgan fingerprint density at radius 3 is 2.90 bits per heavy atom. The topological polar surface area (TPSA) is 87.3 Å². The van der Waals surface area contributed by atoms with Crippen molar-refractivity contribution in [2.24, 2.45) is 0 Å². The van der Waals surface area contributed by atoms with E-state index < -0.39 is 11.9 Å². The summed E-state index contributed by atoms with van der Waals surface area (Å²) >= 11 is 0. The summed E-state index contributed by atoms with van der Waals surface area (Å²) in [5, 5.41) is 23.3. The number of nitrogens with zero attached hydrogens (tertiary/aromatic N) is 2. The average molecular weight is 407 g/mol. The van der Waals surface area contributed by atoms with E-state index in [0.29, 0.717) is 24.0 Å². The van der Waals surface area contributed by atoms with Crippen molar-refractivity contribution >= 4 is 17.0 Å². The minimum absolute atomic E-state index is 0.135. The molecule has 1 aromatic heterocycles. The number of nitriles is 1. The molecule has 0 bridgehead atoms. The Hall–Kier alpha value is -3.53. The van der Waals surface area contributed by atoms with E-state index >= 15 is 0 Å². The largest absolute Gasteiger partial charge is 0.505 e. The second-order valence-corrected chi connectivity index (χ2v) is 7.81. The van der Waals surface area contributed by atoms with Crippen molar-refractivity contribution < 1.29 is 19.0 Å². The zero-order valence-corrected chi connectivity index (χ0v) is 16.8. The lowest BCUT2D eigenvalue weighted by Crippen LogP contribution is -2.37. The van der Waals surface area contributed by atoms with E-state index in [2.05, 4.69) is 11.4 Å². The van der Waals surface area contributed by atoms with Gasteiger partial charge in [0.2, 0.25) is 0 Å². The Morgan fingerprint density at radius 1 is 1.37 bits per heavy atom. The van der Waals surface area contributed by atoms with E-state index in [0.717, 1.165) is 22.2 Å². The maximum Gasteiger partial charge on any atom is 0.407 e. The van der Waals surface area contributed by atoms with Gasteiger partial charge in [-0.05, 0) is 50.1 Å².